The molecule has 4 rings (SSSR count). The molecule has 182 valence electrons. The molecule has 0 bridgehead atoms. The minimum absolute atomic E-state index is 0.0698. The second-order valence-corrected chi connectivity index (χ2v) is 8.44. The zero-order valence-corrected chi connectivity index (χ0v) is 19.3. The first-order chi connectivity index (χ1) is 16.4. The Morgan fingerprint density at radius 2 is 2.03 bits per heavy atom. The zero-order valence-electron chi connectivity index (χ0n) is 19.3. The summed E-state index contributed by atoms with van der Waals surface area (Å²) in [6.07, 6.45) is 7.59. The van der Waals surface area contributed by atoms with Crippen molar-refractivity contribution >= 4 is 17.6 Å². The smallest absolute Gasteiger partial charge is 0.330 e. The van der Waals surface area contributed by atoms with Gasteiger partial charge in [-0.15, -0.1) is 0 Å². The number of anilines is 1. The summed E-state index contributed by atoms with van der Waals surface area (Å²) in [5.41, 5.74) is 2.48. The molecule has 0 radical (unpaired) electrons. The summed E-state index contributed by atoms with van der Waals surface area (Å²) in [5, 5.41) is 11.0. The highest BCUT2D eigenvalue weighted by Crippen LogP contribution is 2.37. The number of amides is 2. The highest BCUT2D eigenvalue weighted by atomic mass is 19.3. The van der Waals surface area contributed by atoms with Crippen LogP contribution >= 0.6 is 0 Å². The molecule has 8 nitrogen and oxygen atoms in total. The van der Waals surface area contributed by atoms with Crippen LogP contribution in [0.15, 0.2) is 47.8 Å². The molecule has 0 aromatic carbocycles. The zero-order chi connectivity index (χ0) is 24.2. The lowest BCUT2D eigenvalue weighted by molar-refractivity contribution is 0.0653. The first kappa shape index (κ1) is 23.9. The van der Waals surface area contributed by atoms with Gasteiger partial charge in [0.15, 0.2) is 6.61 Å². The van der Waals surface area contributed by atoms with Crippen LogP contribution in [0.4, 0.5) is 19.4 Å². The van der Waals surface area contributed by atoms with Crippen molar-refractivity contribution in [2.75, 3.05) is 25.7 Å². The normalized spacial score (nSPS) is 23.9. The lowest BCUT2D eigenvalue weighted by Gasteiger charge is -2.43. The van der Waals surface area contributed by atoms with Crippen LogP contribution < -0.4 is 15.0 Å². The van der Waals surface area contributed by atoms with Gasteiger partial charge in [-0.2, -0.15) is 4.98 Å². The average molecular weight is 474 g/mol. The Bertz CT molecular complexity index is 1030. The summed E-state index contributed by atoms with van der Waals surface area (Å²) in [7, 11) is 3.45. The minimum Gasteiger partial charge on any atom is -0.472 e. The van der Waals surface area contributed by atoms with Crippen molar-refractivity contribution in [1.29, 1.82) is 5.41 Å². The summed E-state index contributed by atoms with van der Waals surface area (Å²) in [4.78, 5) is 21.6. The van der Waals surface area contributed by atoms with Gasteiger partial charge in [0.05, 0.1) is 18.4 Å². The van der Waals surface area contributed by atoms with Crippen molar-refractivity contribution in [3.8, 4) is 5.88 Å². The molecule has 0 spiro atoms. The van der Waals surface area contributed by atoms with E-state index in [0.29, 0.717) is 22.8 Å². The highest BCUT2D eigenvalue weighted by molar-refractivity contribution is 6.10. The molecule has 10 heteroatoms. The molecule has 1 aromatic heterocycles. The molecule has 2 heterocycles. The first-order valence-corrected chi connectivity index (χ1v) is 11.3. The lowest BCUT2D eigenvalue weighted by Crippen LogP contribution is -2.53. The number of allylic oxidation sites excluding steroid dienone is 4. The number of ether oxygens (including phenoxy) is 2. The molecule has 34 heavy (non-hydrogen) atoms. The standard InChI is InChI=1S/C24H29F2N5O3/c1-28-12-16-11-18(6-9-20(16)27)30-13-15-3-10-22(34-14-21(25)26)29-23(15)31(24(30)32)17-4-7-19(33-2)8-5-17/h3,6,9-12,17,19,21,27-28H,4-5,7-8,13-14H2,1-2H3/b16-12-,27-20?. The number of hydrogen-bond acceptors (Lipinski definition) is 6. The fourth-order valence-corrected chi connectivity index (χ4v) is 4.54. The molecule has 0 saturated heterocycles. The average Bonchev–Trinajstić information content (AvgIpc) is 2.84. The van der Waals surface area contributed by atoms with Crippen molar-refractivity contribution in [2.45, 2.75) is 50.8 Å². The number of carbonyl (C=O) groups is 1. The summed E-state index contributed by atoms with van der Waals surface area (Å²) < 4.78 is 35.9. The Balaban J connectivity index is 1.69. The predicted molar refractivity (Wildman–Crippen MR) is 124 cm³/mol. The van der Waals surface area contributed by atoms with Crippen LogP contribution in [0.5, 0.6) is 5.88 Å². The number of nitrogens with zero attached hydrogens (tertiary/aromatic N) is 3. The Morgan fingerprint density at radius 3 is 2.71 bits per heavy atom. The first-order valence-electron chi connectivity index (χ1n) is 11.3. The molecule has 1 fully saturated rings. The van der Waals surface area contributed by atoms with E-state index in [9.17, 15) is 13.6 Å². The van der Waals surface area contributed by atoms with Crippen LogP contribution in [-0.4, -0.2) is 61.0 Å². The van der Waals surface area contributed by atoms with Gasteiger partial charge in [-0.1, -0.05) is 0 Å². The van der Waals surface area contributed by atoms with Crippen LogP contribution in [0.3, 0.4) is 0 Å². The number of urea groups is 1. The number of methoxy groups -OCH3 is 1. The van der Waals surface area contributed by atoms with Gasteiger partial charge in [0.2, 0.25) is 5.88 Å². The molecule has 0 atom stereocenters. The molecule has 2 aliphatic carbocycles. The quantitative estimate of drug-likeness (QED) is 0.625. The number of alkyl halides is 2. The van der Waals surface area contributed by atoms with Gasteiger partial charge in [0.1, 0.15) is 5.82 Å². The van der Waals surface area contributed by atoms with Gasteiger partial charge in [0.25, 0.3) is 6.43 Å². The number of nitrogens with one attached hydrogen (secondary N) is 2. The van der Waals surface area contributed by atoms with Gasteiger partial charge in [-0.25, -0.2) is 13.6 Å². The summed E-state index contributed by atoms with van der Waals surface area (Å²) in [6, 6.07) is 3.00. The van der Waals surface area contributed by atoms with E-state index in [2.05, 4.69) is 10.3 Å². The summed E-state index contributed by atoms with van der Waals surface area (Å²) in [6.45, 7) is -0.481. The van der Waals surface area contributed by atoms with Crippen LogP contribution in [-0.2, 0) is 11.3 Å². The third kappa shape index (κ3) is 4.96. The maximum absolute atomic E-state index is 13.8. The van der Waals surface area contributed by atoms with Gasteiger partial charge in [0, 0.05) is 49.3 Å². The monoisotopic (exact) mass is 473 g/mol. The van der Waals surface area contributed by atoms with E-state index in [1.54, 1.807) is 60.5 Å². The Hall–Kier alpha value is -3.27. The van der Waals surface area contributed by atoms with Crippen molar-refractivity contribution < 1.29 is 23.0 Å². The lowest BCUT2D eigenvalue weighted by atomic mass is 9.91. The molecule has 3 aliphatic rings. The fourth-order valence-electron chi connectivity index (χ4n) is 4.54. The largest absolute Gasteiger partial charge is 0.472 e. The van der Waals surface area contributed by atoms with Gasteiger partial charge >= 0.3 is 6.03 Å². The van der Waals surface area contributed by atoms with E-state index in [1.807, 2.05) is 0 Å². The van der Waals surface area contributed by atoms with Gasteiger partial charge < -0.3 is 20.2 Å². The van der Waals surface area contributed by atoms with E-state index in [1.165, 1.54) is 0 Å². The maximum Gasteiger partial charge on any atom is 0.330 e. The number of carbonyl (C=O) groups excluding carboxylic acids is 1. The molecule has 1 aromatic rings. The number of aromatic nitrogens is 1. The molecule has 2 N–H and O–H groups in total. The molecular weight excluding hydrogens is 444 g/mol. The topological polar surface area (TPSA) is 90.8 Å². The third-order valence-electron chi connectivity index (χ3n) is 6.27. The maximum atomic E-state index is 13.8. The summed E-state index contributed by atoms with van der Waals surface area (Å²) >= 11 is 0. The minimum atomic E-state index is -2.61. The van der Waals surface area contributed by atoms with E-state index in [-0.39, 0.29) is 30.6 Å². The third-order valence-corrected chi connectivity index (χ3v) is 6.27. The fraction of sp³-hybridized carbons (Fsp3) is 0.458. The second kappa shape index (κ2) is 10.3. The molecular formula is C24H29F2N5O3. The van der Waals surface area contributed by atoms with Crippen molar-refractivity contribution in [3.05, 3.63) is 53.4 Å². The number of fused-ring (bicyclic) bond motifs is 1. The Kier molecular flexibility index (Phi) is 7.26. The number of hydrogen-bond donors (Lipinski definition) is 2. The molecule has 2 amide bonds. The van der Waals surface area contributed by atoms with E-state index < -0.39 is 13.0 Å². The number of pyridine rings is 1. The predicted octanol–water partition coefficient (Wildman–Crippen LogP) is 4.00. The highest BCUT2D eigenvalue weighted by Gasteiger charge is 2.39. The van der Waals surface area contributed by atoms with Crippen molar-refractivity contribution in [1.82, 2.24) is 15.2 Å². The summed E-state index contributed by atoms with van der Waals surface area (Å²) in [5.74, 6) is 0.522. The number of halogens is 2. The van der Waals surface area contributed by atoms with E-state index in [0.717, 1.165) is 31.2 Å². The molecule has 1 aliphatic heterocycles. The van der Waals surface area contributed by atoms with Crippen LogP contribution in [0, 0.1) is 5.41 Å². The van der Waals surface area contributed by atoms with E-state index in [4.69, 9.17) is 14.9 Å². The van der Waals surface area contributed by atoms with E-state index >= 15 is 0 Å². The van der Waals surface area contributed by atoms with Crippen molar-refractivity contribution in [2.24, 2.45) is 0 Å². The van der Waals surface area contributed by atoms with Crippen LogP contribution in [0.1, 0.15) is 31.2 Å². The van der Waals surface area contributed by atoms with Gasteiger partial charge in [-0.05, 0) is 50.0 Å². The molecule has 0 unspecified atom stereocenters. The van der Waals surface area contributed by atoms with Crippen molar-refractivity contribution in [3.63, 3.8) is 0 Å². The Labute approximate surface area is 197 Å². The second-order valence-electron chi connectivity index (χ2n) is 8.44. The van der Waals surface area contributed by atoms with Crippen LogP contribution in [0.2, 0.25) is 0 Å². The van der Waals surface area contributed by atoms with Gasteiger partial charge in [-0.3, -0.25) is 9.80 Å². The van der Waals surface area contributed by atoms with Crippen LogP contribution in [0.25, 0.3) is 0 Å². The SMILES string of the molecule is CN/C=C1/C=C(N2Cc3ccc(OCC(F)F)nc3N(C3CCC(OC)CC3)C2=O)C=CC1=N. The Morgan fingerprint density at radius 1 is 1.26 bits per heavy atom. The number of rotatable bonds is 7. The molecule has 1 saturated carbocycles.